The van der Waals surface area contributed by atoms with Crippen molar-refractivity contribution in [3.63, 3.8) is 0 Å². The van der Waals surface area contributed by atoms with Crippen molar-refractivity contribution in [1.82, 2.24) is 0 Å². The van der Waals surface area contributed by atoms with Gasteiger partial charge in [-0.3, -0.25) is 0 Å². The van der Waals surface area contributed by atoms with Gasteiger partial charge in [-0.25, -0.2) is 4.79 Å². The minimum atomic E-state index is -0.905. The standard InChI is InChI=1S/C9H5ClO2S.Li.H/c10-6-3-1-2-5-4-7(9(11)12)13-8(5)6;;/h1-4H,(H,11,12);;. The minimum absolute atomic E-state index is 0. The average Bonchev–Trinajstić information content (AvgIpc) is 2.49. The third-order valence-corrected chi connectivity index (χ3v) is 3.31. The molecule has 0 saturated carbocycles. The van der Waals surface area contributed by atoms with Gasteiger partial charge in [0.15, 0.2) is 0 Å². The zero-order valence-electron chi connectivity index (χ0n) is 6.45. The molecule has 0 amide bonds. The first-order valence-corrected chi connectivity index (χ1v) is 4.79. The summed E-state index contributed by atoms with van der Waals surface area (Å²) in [6.45, 7) is 0. The van der Waals surface area contributed by atoms with Gasteiger partial charge in [-0.2, -0.15) is 0 Å². The van der Waals surface area contributed by atoms with Gasteiger partial charge in [0.1, 0.15) is 4.88 Å². The molecule has 68 valence electrons. The number of carboxylic acid groups (broad SMARTS) is 1. The van der Waals surface area contributed by atoms with Crippen LogP contribution >= 0.6 is 22.9 Å². The van der Waals surface area contributed by atoms with Crippen LogP contribution in [-0.2, 0) is 0 Å². The molecule has 0 spiro atoms. The molecule has 0 unspecified atom stereocenters. The Hall–Kier alpha value is -0.463. The molecule has 1 aromatic heterocycles. The average molecular weight is 221 g/mol. The maximum absolute atomic E-state index is 10.6. The zero-order chi connectivity index (χ0) is 9.42. The van der Waals surface area contributed by atoms with Crippen LogP contribution in [0.1, 0.15) is 9.67 Å². The summed E-state index contributed by atoms with van der Waals surface area (Å²) in [5.74, 6) is -0.905. The first-order valence-electron chi connectivity index (χ1n) is 3.60. The zero-order valence-corrected chi connectivity index (χ0v) is 8.02. The normalized spacial score (nSPS) is 9.79. The number of thiophene rings is 1. The number of carboxylic acids is 1. The maximum atomic E-state index is 10.6. The summed E-state index contributed by atoms with van der Waals surface area (Å²) in [5, 5.41) is 10.2. The molecule has 0 aliphatic rings. The van der Waals surface area contributed by atoms with Crippen LogP contribution in [0.15, 0.2) is 24.3 Å². The summed E-state index contributed by atoms with van der Waals surface area (Å²) in [6.07, 6.45) is 0. The van der Waals surface area contributed by atoms with E-state index in [4.69, 9.17) is 16.7 Å². The second-order valence-electron chi connectivity index (χ2n) is 2.57. The third-order valence-electron chi connectivity index (χ3n) is 1.71. The third kappa shape index (κ3) is 1.96. The second kappa shape index (κ2) is 4.37. The number of carbonyl (C=O) groups is 1. The number of hydrogen-bond donors (Lipinski definition) is 1. The van der Waals surface area contributed by atoms with Gasteiger partial charge in [-0.05, 0) is 17.5 Å². The Balaban J connectivity index is 0.000000980. The van der Waals surface area contributed by atoms with Crippen molar-refractivity contribution in [2.24, 2.45) is 0 Å². The van der Waals surface area contributed by atoms with E-state index in [0.29, 0.717) is 9.90 Å². The molecular formula is C9H6ClLiO2S. The van der Waals surface area contributed by atoms with Crippen LogP contribution in [0.25, 0.3) is 10.1 Å². The molecule has 0 fully saturated rings. The monoisotopic (exact) mass is 220 g/mol. The Morgan fingerprint density at radius 3 is 2.71 bits per heavy atom. The molecule has 5 heteroatoms. The summed E-state index contributed by atoms with van der Waals surface area (Å²) in [6, 6.07) is 7.05. The van der Waals surface area contributed by atoms with E-state index in [1.54, 1.807) is 12.1 Å². The van der Waals surface area contributed by atoms with E-state index in [0.717, 1.165) is 10.1 Å². The Bertz CT molecular complexity index is 481. The number of benzene rings is 1. The van der Waals surface area contributed by atoms with Crippen molar-refractivity contribution in [3.8, 4) is 0 Å². The molecule has 0 aliphatic heterocycles. The van der Waals surface area contributed by atoms with Gasteiger partial charge in [-0.15, -0.1) is 11.3 Å². The van der Waals surface area contributed by atoms with E-state index < -0.39 is 5.97 Å². The molecule has 0 aliphatic carbocycles. The summed E-state index contributed by atoms with van der Waals surface area (Å²) >= 11 is 7.09. The molecule has 14 heavy (non-hydrogen) atoms. The number of rotatable bonds is 1. The summed E-state index contributed by atoms with van der Waals surface area (Å²) in [7, 11) is 0. The topological polar surface area (TPSA) is 37.3 Å². The molecular weight excluding hydrogens is 215 g/mol. The fourth-order valence-corrected chi connectivity index (χ4v) is 2.33. The van der Waals surface area contributed by atoms with Crippen molar-refractivity contribution < 1.29 is 9.90 Å². The van der Waals surface area contributed by atoms with E-state index in [9.17, 15) is 4.79 Å². The molecule has 0 saturated heterocycles. The molecule has 2 rings (SSSR count). The van der Waals surface area contributed by atoms with Crippen molar-refractivity contribution in [2.75, 3.05) is 0 Å². The first-order chi connectivity index (χ1) is 6.18. The van der Waals surface area contributed by atoms with E-state index >= 15 is 0 Å². The van der Waals surface area contributed by atoms with Crippen LogP contribution in [0, 0.1) is 0 Å². The quantitative estimate of drug-likeness (QED) is 0.750. The van der Waals surface area contributed by atoms with E-state index in [1.165, 1.54) is 11.3 Å². The number of fused-ring (bicyclic) bond motifs is 1. The summed E-state index contributed by atoms with van der Waals surface area (Å²) in [5.41, 5.74) is 0. The van der Waals surface area contributed by atoms with Gasteiger partial charge in [0, 0.05) is 0 Å². The van der Waals surface area contributed by atoms with E-state index in [-0.39, 0.29) is 18.9 Å². The number of halogens is 1. The molecule has 0 radical (unpaired) electrons. The van der Waals surface area contributed by atoms with Crippen LogP contribution in [0.3, 0.4) is 0 Å². The van der Waals surface area contributed by atoms with E-state index in [2.05, 4.69) is 0 Å². The van der Waals surface area contributed by atoms with Crippen molar-refractivity contribution in [3.05, 3.63) is 34.2 Å². The van der Waals surface area contributed by atoms with Crippen molar-refractivity contribution >= 4 is 57.9 Å². The predicted octanol–water partition coefficient (Wildman–Crippen LogP) is 2.60. The number of aromatic carboxylic acids is 1. The Labute approximate surface area is 102 Å². The molecule has 2 aromatic rings. The summed E-state index contributed by atoms with van der Waals surface area (Å²) < 4.78 is 0.835. The van der Waals surface area contributed by atoms with Gasteiger partial charge in [-0.1, -0.05) is 23.7 Å². The van der Waals surface area contributed by atoms with E-state index in [1.807, 2.05) is 12.1 Å². The molecule has 2 nitrogen and oxygen atoms in total. The molecule has 1 N–H and O–H groups in total. The summed E-state index contributed by atoms with van der Waals surface area (Å²) in [4.78, 5) is 11.0. The van der Waals surface area contributed by atoms with Gasteiger partial charge in [0.05, 0.1) is 9.72 Å². The van der Waals surface area contributed by atoms with Gasteiger partial charge in [0.25, 0.3) is 0 Å². The molecule has 1 aromatic carbocycles. The SMILES string of the molecule is O=C(O)c1cc2cccc(Cl)c2s1.[LiH]. The van der Waals surface area contributed by atoms with Gasteiger partial charge < -0.3 is 5.11 Å². The molecule has 0 bridgehead atoms. The van der Waals surface area contributed by atoms with Crippen LogP contribution in [0.4, 0.5) is 0 Å². The van der Waals surface area contributed by atoms with Gasteiger partial charge in [0.2, 0.25) is 0 Å². The second-order valence-corrected chi connectivity index (χ2v) is 4.03. The first kappa shape index (κ1) is 11.6. The molecule has 0 atom stereocenters. The van der Waals surface area contributed by atoms with Gasteiger partial charge >= 0.3 is 24.8 Å². The fraction of sp³-hybridized carbons (Fsp3) is 0. The Morgan fingerprint density at radius 1 is 1.43 bits per heavy atom. The van der Waals surface area contributed by atoms with Crippen LogP contribution in [0.2, 0.25) is 5.02 Å². The fourth-order valence-electron chi connectivity index (χ4n) is 1.13. The Morgan fingerprint density at radius 2 is 2.14 bits per heavy atom. The van der Waals surface area contributed by atoms with Crippen LogP contribution in [-0.4, -0.2) is 29.9 Å². The number of hydrogen-bond acceptors (Lipinski definition) is 2. The van der Waals surface area contributed by atoms with Crippen molar-refractivity contribution in [2.45, 2.75) is 0 Å². The van der Waals surface area contributed by atoms with Crippen LogP contribution < -0.4 is 0 Å². The van der Waals surface area contributed by atoms with Crippen molar-refractivity contribution in [1.29, 1.82) is 0 Å². The Kier molecular flexibility index (Phi) is 3.63. The predicted molar refractivity (Wildman–Crippen MR) is 60.9 cm³/mol. The van der Waals surface area contributed by atoms with Crippen LogP contribution in [0.5, 0.6) is 0 Å². The molecule has 1 heterocycles.